The van der Waals surface area contributed by atoms with E-state index in [2.05, 4.69) is 15.2 Å². The van der Waals surface area contributed by atoms with Gasteiger partial charge in [-0.25, -0.2) is 9.37 Å². The fraction of sp³-hybridized carbons (Fsp3) is 0.154. The van der Waals surface area contributed by atoms with Crippen LogP contribution >= 0.6 is 11.8 Å². The third-order valence-corrected chi connectivity index (χ3v) is 3.54. The van der Waals surface area contributed by atoms with Crippen molar-refractivity contribution >= 4 is 11.8 Å². The summed E-state index contributed by atoms with van der Waals surface area (Å²) >= 11 is 1.45. The van der Waals surface area contributed by atoms with Crippen LogP contribution in [0.2, 0.25) is 0 Å². The largest absolute Gasteiger partial charge is 0.425 e. The van der Waals surface area contributed by atoms with Gasteiger partial charge in [0.05, 0.1) is 11.4 Å². The minimum absolute atomic E-state index is 0.278. The molecule has 1 aromatic carbocycles. The van der Waals surface area contributed by atoms with Gasteiger partial charge < -0.3 is 4.42 Å². The van der Waals surface area contributed by atoms with Crippen molar-refractivity contribution in [2.75, 3.05) is 0 Å². The molecule has 0 amide bonds. The van der Waals surface area contributed by atoms with Gasteiger partial charge in [0.15, 0.2) is 5.16 Å². The Morgan fingerprint density at radius 2 is 2.25 bits per heavy atom. The summed E-state index contributed by atoms with van der Waals surface area (Å²) in [5, 5.41) is 8.44. The highest BCUT2D eigenvalue weighted by atomic mass is 32.2. The topological polar surface area (TPSA) is 56.7 Å². The molecule has 0 spiro atoms. The van der Waals surface area contributed by atoms with Gasteiger partial charge in [0.1, 0.15) is 5.82 Å². The molecule has 0 saturated heterocycles. The zero-order valence-corrected chi connectivity index (χ0v) is 11.5. The fourth-order valence-corrected chi connectivity index (χ4v) is 2.55. The number of aryl methyl sites for hydroxylation is 1. The van der Waals surface area contributed by atoms with E-state index >= 15 is 0 Å². The van der Waals surface area contributed by atoms with Gasteiger partial charge in [-0.2, -0.15) is 0 Å². The second-order valence-corrected chi connectivity index (χ2v) is 5.01. The molecule has 0 unspecified atom stereocenters. The van der Waals surface area contributed by atoms with Crippen molar-refractivity contribution in [3.8, 4) is 5.69 Å². The highest BCUT2D eigenvalue weighted by molar-refractivity contribution is 7.98. The number of hydrogen-bond acceptors (Lipinski definition) is 5. The van der Waals surface area contributed by atoms with Crippen molar-refractivity contribution in [2.45, 2.75) is 17.8 Å². The first kappa shape index (κ1) is 12.9. The molecule has 0 bridgehead atoms. The summed E-state index contributed by atoms with van der Waals surface area (Å²) in [4.78, 5) is 4.26. The van der Waals surface area contributed by atoms with Crippen LogP contribution in [0.25, 0.3) is 5.69 Å². The lowest BCUT2D eigenvalue weighted by Crippen LogP contribution is -1.96. The van der Waals surface area contributed by atoms with Gasteiger partial charge in [0, 0.05) is 19.3 Å². The van der Waals surface area contributed by atoms with Crippen LogP contribution in [0, 0.1) is 12.7 Å². The number of nitrogens with zero attached hydrogens (tertiary/aromatic N) is 4. The minimum Gasteiger partial charge on any atom is -0.425 e. The van der Waals surface area contributed by atoms with Crippen LogP contribution in [-0.4, -0.2) is 19.7 Å². The standard InChI is InChI=1S/C13H11FN4OS/c1-9-16-17-12(19-9)8-20-13-15-5-6-18(13)11-4-2-3-10(14)7-11/h2-7H,8H2,1H3. The highest BCUT2D eigenvalue weighted by Gasteiger charge is 2.09. The summed E-state index contributed by atoms with van der Waals surface area (Å²) < 4.78 is 20.4. The average molecular weight is 290 g/mol. The maximum absolute atomic E-state index is 13.3. The predicted molar refractivity (Wildman–Crippen MR) is 72.1 cm³/mol. The molecule has 102 valence electrons. The van der Waals surface area contributed by atoms with E-state index in [-0.39, 0.29) is 5.82 Å². The Hall–Kier alpha value is -2.15. The molecule has 5 nitrogen and oxygen atoms in total. The zero-order chi connectivity index (χ0) is 13.9. The molecule has 0 radical (unpaired) electrons. The SMILES string of the molecule is Cc1nnc(CSc2nccn2-c2cccc(F)c2)o1. The summed E-state index contributed by atoms with van der Waals surface area (Å²) in [5.41, 5.74) is 0.728. The Balaban J connectivity index is 1.80. The summed E-state index contributed by atoms with van der Waals surface area (Å²) in [6.07, 6.45) is 3.46. The van der Waals surface area contributed by atoms with Gasteiger partial charge in [0.25, 0.3) is 0 Å². The van der Waals surface area contributed by atoms with Crippen molar-refractivity contribution in [3.63, 3.8) is 0 Å². The molecule has 0 atom stereocenters. The van der Waals surface area contributed by atoms with Crippen molar-refractivity contribution in [1.82, 2.24) is 19.7 Å². The molecule has 0 fully saturated rings. The van der Waals surface area contributed by atoms with Crippen molar-refractivity contribution in [1.29, 1.82) is 0 Å². The molecule has 0 N–H and O–H groups in total. The molecule has 0 aliphatic heterocycles. The number of rotatable bonds is 4. The van der Waals surface area contributed by atoms with Gasteiger partial charge in [-0.15, -0.1) is 10.2 Å². The van der Waals surface area contributed by atoms with Gasteiger partial charge in [-0.1, -0.05) is 17.8 Å². The molecule has 0 aliphatic rings. The Morgan fingerprint density at radius 3 is 3.00 bits per heavy atom. The zero-order valence-electron chi connectivity index (χ0n) is 10.7. The first-order valence-electron chi connectivity index (χ1n) is 5.93. The van der Waals surface area contributed by atoms with E-state index in [0.29, 0.717) is 17.5 Å². The van der Waals surface area contributed by atoms with Gasteiger partial charge in [0.2, 0.25) is 11.8 Å². The monoisotopic (exact) mass is 290 g/mol. The van der Waals surface area contributed by atoms with E-state index in [0.717, 1.165) is 10.8 Å². The molecule has 0 aliphatic carbocycles. The number of benzene rings is 1. The number of aromatic nitrogens is 4. The Kier molecular flexibility index (Phi) is 3.51. The molecule has 7 heteroatoms. The second kappa shape index (κ2) is 5.46. The van der Waals surface area contributed by atoms with E-state index in [9.17, 15) is 4.39 Å². The smallest absolute Gasteiger partial charge is 0.226 e. The lowest BCUT2D eigenvalue weighted by molar-refractivity contribution is 0.485. The summed E-state index contributed by atoms with van der Waals surface area (Å²) in [5.74, 6) is 1.32. The number of halogens is 1. The number of hydrogen-bond donors (Lipinski definition) is 0. The maximum Gasteiger partial charge on any atom is 0.226 e. The van der Waals surface area contributed by atoms with E-state index in [1.807, 2.05) is 10.6 Å². The van der Waals surface area contributed by atoms with E-state index in [4.69, 9.17) is 4.42 Å². The van der Waals surface area contributed by atoms with E-state index in [1.54, 1.807) is 25.4 Å². The minimum atomic E-state index is -0.278. The summed E-state index contributed by atoms with van der Waals surface area (Å²) in [7, 11) is 0. The molecule has 20 heavy (non-hydrogen) atoms. The van der Waals surface area contributed by atoms with E-state index < -0.39 is 0 Å². The molecule has 0 saturated carbocycles. The summed E-state index contributed by atoms with van der Waals surface area (Å²) in [6, 6.07) is 6.36. The van der Waals surface area contributed by atoms with Crippen LogP contribution in [-0.2, 0) is 5.75 Å². The van der Waals surface area contributed by atoms with E-state index in [1.165, 1.54) is 23.9 Å². The third-order valence-electron chi connectivity index (χ3n) is 2.59. The third kappa shape index (κ3) is 2.72. The average Bonchev–Trinajstić information content (AvgIpc) is 3.05. The number of imidazole rings is 1. The van der Waals surface area contributed by atoms with Gasteiger partial charge >= 0.3 is 0 Å². The van der Waals surface area contributed by atoms with Crippen LogP contribution < -0.4 is 0 Å². The van der Waals surface area contributed by atoms with Crippen molar-refractivity contribution in [3.05, 3.63) is 54.3 Å². The Labute approximate surface area is 118 Å². The second-order valence-electron chi connectivity index (χ2n) is 4.06. The molecule has 2 aromatic heterocycles. The van der Waals surface area contributed by atoms with Gasteiger partial charge in [-0.3, -0.25) is 4.57 Å². The first-order chi connectivity index (χ1) is 9.72. The lowest BCUT2D eigenvalue weighted by Gasteiger charge is -2.06. The van der Waals surface area contributed by atoms with Crippen molar-refractivity contribution in [2.24, 2.45) is 0 Å². The van der Waals surface area contributed by atoms with Crippen LogP contribution in [0.4, 0.5) is 4.39 Å². The molecular formula is C13H11FN4OS. The van der Waals surface area contributed by atoms with Crippen LogP contribution in [0.1, 0.15) is 11.8 Å². The fourth-order valence-electron chi connectivity index (χ4n) is 1.74. The molecule has 3 aromatic rings. The molecule has 3 rings (SSSR count). The predicted octanol–water partition coefficient (Wildman–Crippen LogP) is 3.00. The van der Waals surface area contributed by atoms with Crippen LogP contribution in [0.3, 0.4) is 0 Å². The normalized spacial score (nSPS) is 10.9. The molecular weight excluding hydrogens is 279 g/mol. The van der Waals surface area contributed by atoms with Crippen LogP contribution in [0.5, 0.6) is 0 Å². The van der Waals surface area contributed by atoms with Gasteiger partial charge in [-0.05, 0) is 18.2 Å². The first-order valence-corrected chi connectivity index (χ1v) is 6.92. The van der Waals surface area contributed by atoms with Crippen LogP contribution in [0.15, 0.2) is 46.2 Å². The Morgan fingerprint density at radius 1 is 1.35 bits per heavy atom. The lowest BCUT2D eigenvalue weighted by atomic mass is 10.3. The number of thioether (sulfide) groups is 1. The van der Waals surface area contributed by atoms with Crippen molar-refractivity contribution < 1.29 is 8.81 Å². The highest BCUT2D eigenvalue weighted by Crippen LogP contribution is 2.23. The quantitative estimate of drug-likeness (QED) is 0.691. The molecule has 2 heterocycles. The summed E-state index contributed by atoms with van der Waals surface area (Å²) in [6.45, 7) is 1.74. The maximum atomic E-state index is 13.3. The Bertz CT molecular complexity index is 724.